The van der Waals surface area contributed by atoms with E-state index >= 15 is 0 Å². The molecule has 0 heterocycles. The van der Waals surface area contributed by atoms with Crippen LogP contribution in [0.1, 0.15) is 36.0 Å². The fourth-order valence-electron chi connectivity index (χ4n) is 2.71. The Bertz CT molecular complexity index is 599. The van der Waals surface area contributed by atoms with E-state index in [1.165, 1.54) is 14.2 Å². The molecule has 1 aromatic rings. The smallest absolute Gasteiger partial charge is 0.331 e. The van der Waals surface area contributed by atoms with Crippen molar-refractivity contribution in [3.63, 3.8) is 0 Å². The minimum Gasteiger partial charge on any atom is -0.496 e. The molecule has 2 rings (SSSR count). The maximum absolute atomic E-state index is 12.6. The van der Waals surface area contributed by atoms with Crippen LogP contribution in [0, 0.1) is 3.57 Å². The molecule has 0 radical (unpaired) electrons. The van der Waals surface area contributed by atoms with Gasteiger partial charge in [0.2, 0.25) is 0 Å². The van der Waals surface area contributed by atoms with Crippen LogP contribution in [0.25, 0.3) is 0 Å². The summed E-state index contributed by atoms with van der Waals surface area (Å²) in [5.41, 5.74) is -0.644. The SMILES string of the molecule is COC(=O)C1(NC(=O)c2cc(Cl)c(I)cc2OC)CCCC1. The number of hydrogen-bond donors (Lipinski definition) is 1. The van der Waals surface area contributed by atoms with E-state index < -0.39 is 11.5 Å². The number of esters is 1. The third kappa shape index (κ3) is 3.32. The zero-order valence-corrected chi connectivity index (χ0v) is 15.3. The fourth-order valence-corrected chi connectivity index (χ4v) is 3.32. The van der Waals surface area contributed by atoms with Gasteiger partial charge in [-0.2, -0.15) is 0 Å². The second-order valence-electron chi connectivity index (χ2n) is 5.20. The highest BCUT2D eigenvalue weighted by molar-refractivity contribution is 14.1. The number of hydrogen-bond acceptors (Lipinski definition) is 4. The lowest BCUT2D eigenvalue weighted by Gasteiger charge is -2.27. The van der Waals surface area contributed by atoms with Crippen LogP contribution in [0.15, 0.2) is 12.1 Å². The van der Waals surface area contributed by atoms with Crippen molar-refractivity contribution in [1.29, 1.82) is 0 Å². The highest BCUT2D eigenvalue weighted by Gasteiger charge is 2.44. The number of methoxy groups -OCH3 is 2. The minimum atomic E-state index is -0.952. The molecule has 1 aliphatic rings. The molecule has 0 atom stereocenters. The predicted octanol–water partition coefficient (Wildman–Crippen LogP) is 3.17. The number of nitrogens with one attached hydrogen (secondary N) is 1. The molecule has 1 N–H and O–H groups in total. The Balaban J connectivity index is 2.32. The summed E-state index contributed by atoms with van der Waals surface area (Å²) in [5.74, 6) is -0.374. The third-order valence-electron chi connectivity index (χ3n) is 3.87. The Morgan fingerprint density at radius 2 is 1.91 bits per heavy atom. The van der Waals surface area contributed by atoms with Crippen molar-refractivity contribution in [3.8, 4) is 5.75 Å². The van der Waals surface area contributed by atoms with Crippen LogP contribution in [0.5, 0.6) is 5.75 Å². The molecule has 1 aliphatic carbocycles. The van der Waals surface area contributed by atoms with Gasteiger partial charge in [-0.3, -0.25) is 4.79 Å². The van der Waals surface area contributed by atoms with E-state index in [0.717, 1.165) is 16.4 Å². The summed E-state index contributed by atoms with van der Waals surface area (Å²) in [6.45, 7) is 0. The molecule has 0 spiro atoms. The molecule has 0 bridgehead atoms. The molecule has 0 saturated heterocycles. The van der Waals surface area contributed by atoms with Gasteiger partial charge in [0.05, 0.1) is 24.8 Å². The first-order chi connectivity index (χ1) is 10.4. The van der Waals surface area contributed by atoms with Gasteiger partial charge in [-0.05, 0) is 47.6 Å². The quantitative estimate of drug-likeness (QED) is 0.580. The van der Waals surface area contributed by atoms with Gasteiger partial charge in [0.25, 0.3) is 5.91 Å². The zero-order valence-electron chi connectivity index (χ0n) is 12.4. The first-order valence-electron chi connectivity index (χ1n) is 6.87. The van der Waals surface area contributed by atoms with Crippen LogP contribution in [0.4, 0.5) is 0 Å². The summed E-state index contributed by atoms with van der Waals surface area (Å²) >= 11 is 8.16. The van der Waals surface area contributed by atoms with Gasteiger partial charge in [0.1, 0.15) is 11.3 Å². The maximum Gasteiger partial charge on any atom is 0.331 e. The summed E-state index contributed by atoms with van der Waals surface area (Å²) in [6, 6.07) is 3.24. The highest BCUT2D eigenvalue weighted by Crippen LogP contribution is 2.33. The average molecular weight is 438 g/mol. The van der Waals surface area contributed by atoms with Crippen molar-refractivity contribution in [2.75, 3.05) is 14.2 Å². The molecular weight excluding hydrogens is 421 g/mol. The van der Waals surface area contributed by atoms with Gasteiger partial charge in [-0.1, -0.05) is 24.4 Å². The molecule has 0 aliphatic heterocycles. The molecule has 1 saturated carbocycles. The third-order valence-corrected chi connectivity index (χ3v) is 5.40. The van der Waals surface area contributed by atoms with Gasteiger partial charge in [0.15, 0.2) is 0 Å². The number of carbonyl (C=O) groups is 2. The monoisotopic (exact) mass is 437 g/mol. The van der Waals surface area contributed by atoms with Gasteiger partial charge < -0.3 is 14.8 Å². The summed E-state index contributed by atoms with van der Waals surface area (Å²) in [4.78, 5) is 24.7. The molecular formula is C15H17ClINO4. The predicted molar refractivity (Wildman–Crippen MR) is 91.4 cm³/mol. The van der Waals surface area contributed by atoms with E-state index in [-0.39, 0.29) is 5.91 Å². The summed E-state index contributed by atoms with van der Waals surface area (Å²) in [6.07, 6.45) is 2.90. The van der Waals surface area contributed by atoms with Crippen molar-refractivity contribution in [2.24, 2.45) is 0 Å². The lowest BCUT2D eigenvalue weighted by Crippen LogP contribution is -2.53. The summed E-state index contributed by atoms with van der Waals surface area (Å²) in [7, 11) is 2.82. The number of benzene rings is 1. The molecule has 0 unspecified atom stereocenters. The van der Waals surface area contributed by atoms with Crippen molar-refractivity contribution in [1.82, 2.24) is 5.32 Å². The minimum absolute atomic E-state index is 0.308. The van der Waals surface area contributed by atoms with E-state index in [9.17, 15) is 9.59 Å². The Kier molecular flexibility index (Phi) is 5.55. The normalized spacial score (nSPS) is 16.2. The molecule has 5 nitrogen and oxygen atoms in total. The molecule has 1 fully saturated rings. The highest BCUT2D eigenvalue weighted by atomic mass is 127. The Labute approximate surface area is 147 Å². The summed E-state index contributed by atoms with van der Waals surface area (Å²) < 4.78 is 10.9. The van der Waals surface area contributed by atoms with Gasteiger partial charge >= 0.3 is 5.97 Å². The van der Waals surface area contributed by atoms with E-state index in [0.29, 0.717) is 29.2 Å². The lowest BCUT2D eigenvalue weighted by molar-refractivity contribution is -0.148. The molecule has 120 valence electrons. The van der Waals surface area contributed by atoms with Gasteiger partial charge in [-0.25, -0.2) is 4.79 Å². The van der Waals surface area contributed by atoms with Gasteiger partial charge in [-0.15, -0.1) is 0 Å². The van der Waals surface area contributed by atoms with Crippen LogP contribution < -0.4 is 10.1 Å². The van der Waals surface area contributed by atoms with Crippen molar-refractivity contribution in [2.45, 2.75) is 31.2 Å². The van der Waals surface area contributed by atoms with Crippen LogP contribution >= 0.6 is 34.2 Å². The Morgan fingerprint density at radius 1 is 1.27 bits per heavy atom. The number of halogens is 2. The first kappa shape index (κ1) is 17.3. The number of ether oxygens (including phenoxy) is 2. The van der Waals surface area contributed by atoms with Crippen molar-refractivity contribution >= 4 is 46.1 Å². The van der Waals surface area contributed by atoms with Crippen LogP contribution in [0.3, 0.4) is 0 Å². The van der Waals surface area contributed by atoms with E-state index in [4.69, 9.17) is 21.1 Å². The van der Waals surface area contributed by atoms with E-state index in [2.05, 4.69) is 27.9 Å². The molecule has 0 aromatic heterocycles. The number of carbonyl (C=O) groups excluding carboxylic acids is 2. The second kappa shape index (κ2) is 7.04. The Morgan fingerprint density at radius 3 is 2.45 bits per heavy atom. The molecule has 7 heteroatoms. The fraction of sp³-hybridized carbons (Fsp3) is 0.467. The molecule has 1 amide bonds. The van der Waals surface area contributed by atoms with E-state index in [1.807, 2.05) is 0 Å². The maximum atomic E-state index is 12.6. The second-order valence-corrected chi connectivity index (χ2v) is 6.77. The number of amides is 1. The van der Waals surface area contributed by atoms with Crippen LogP contribution in [-0.4, -0.2) is 31.6 Å². The van der Waals surface area contributed by atoms with Gasteiger partial charge in [0, 0.05) is 3.57 Å². The largest absolute Gasteiger partial charge is 0.496 e. The standard InChI is InChI=1S/C15H17ClINO4/c1-21-12-8-11(17)10(16)7-9(12)13(19)18-15(14(20)22-2)5-3-4-6-15/h7-8H,3-6H2,1-2H3,(H,18,19). The topological polar surface area (TPSA) is 64.6 Å². The van der Waals surface area contributed by atoms with Crippen LogP contribution in [0.2, 0.25) is 5.02 Å². The first-order valence-corrected chi connectivity index (χ1v) is 8.33. The zero-order chi connectivity index (χ0) is 16.3. The Hall–Kier alpha value is -1.02. The van der Waals surface area contributed by atoms with Crippen molar-refractivity contribution in [3.05, 3.63) is 26.3 Å². The number of rotatable bonds is 4. The lowest BCUT2D eigenvalue weighted by atomic mass is 9.97. The van der Waals surface area contributed by atoms with Crippen LogP contribution in [-0.2, 0) is 9.53 Å². The average Bonchev–Trinajstić information content (AvgIpc) is 2.98. The molecule has 1 aromatic carbocycles. The summed E-state index contributed by atoms with van der Waals surface area (Å²) in [5, 5.41) is 3.29. The molecule has 22 heavy (non-hydrogen) atoms. The van der Waals surface area contributed by atoms with Crippen molar-refractivity contribution < 1.29 is 19.1 Å². The van der Waals surface area contributed by atoms with E-state index in [1.54, 1.807) is 12.1 Å².